The van der Waals surface area contributed by atoms with Gasteiger partial charge in [-0.05, 0) is 23.6 Å². The minimum atomic E-state index is -0.492. The lowest BCUT2D eigenvalue weighted by atomic mass is 10.0. The summed E-state index contributed by atoms with van der Waals surface area (Å²) >= 11 is 0. The van der Waals surface area contributed by atoms with E-state index >= 15 is 0 Å². The molecule has 0 saturated carbocycles. The zero-order chi connectivity index (χ0) is 13.8. The normalized spacial score (nSPS) is 10.5. The molecule has 2 rings (SSSR count). The van der Waals surface area contributed by atoms with Gasteiger partial charge in [0.2, 0.25) is 5.88 Å². The summed E-state index contributed by atoms with van der Waals surface area (Å²) in [5.41, 5.74) is 1.17. The van der Waals surface area contributed by atoms with Gasteiger partial charge in [-0.2, -0.15) is 0 Å². The van der Waals surface area contributed by atoms with Crippen molar-refractivity contribution in [3.05, 3.63) is 58.3 Å². The molecule has 0 radical (unpaired) electrons. The molecule has 19 heavy (non-hydrogen) atoms. The molecule has 0 spiro atoms. The minimum Gasteiger partial charge on any atom is -0.439 e. The third-order valence-electron chi connectivity index (χ3n) is 2.70. The van der Waals surface area contributed by atoms with Crippen LogP contribution in [-0.2, 0) is 0 Å². The van der Waals surface area contributed by atoms with Gasteiger partial charge in [-0.25, -0.2) is 4.98 Å². The maximum atomic E-state index is 10.5. The summed E-state index contributed by atoms with van der Waals surface area (Å²) in [5, 5.41) is 10.5. The van der Waals surface area contributed by atoms with Gasteiger partial charge in [0.25, 0.3) is 5.69 Å². The first kappa shape index (κ1) is 13.0. The number of nitro groups is 1. The molecule has 5 heteroatoms. The minimum absolute atomic E-state index is 0.0532. The molecule has 0 atom stereocenters. The number of ether oxygens (including phenoxy) is 1. The highest BCUT2D eigenvalue weighted by Crippen LogP contribution is 2.23. The number of benzene rings is 1. The van der Waals surface area contributed by atoms with E-state index in [4.69, 9.17) is 4.74 Å². The maximum Gasteiger partial charge on any atom is 0.287 e. The molecule has 0 aliphatic carbocycles. The van der Waals surface area contributed by atoms with Crippen LogP contribution in [0, 0.1) is 10.1 Å². The summed E-state index contributed by atoms with van der Waals surface area (Å²) in [6, 6.07) is 10.5. The second-order valence-corrected chi connectivity index (χ2v) is 4.44. The Morgan fingerprint density at radius 2 is 1.84 bits per heavy atom. The molecule has 0 fully saturated rings. The Kier molecular flexibility index (Phi) is 3.75. The second-order valence-electron chi connectivity index (χ2n) is 4.44. The topological polar surface area (TPSA) is 65.3 Å². The third-order valence-corrected chi connectivity index (χ3v) is 2.70. The Balaban J connectivity index is 2.10. The van der Waals surface area contributed by atoms with Crippen LogP contribution in [0.1, 0.15) is 25.3 Å². The average Bonchev–Trinajstić information content (AvgIpc) is 2.40. The van der Waals surface area contributed by atoms with Crippen molar-refractivity contribution in [2.45, 2.75) is 19.8 Å². The van der Waals surface area contributed by atoms with E-state index in [0.29, 0.717) is 17.5 Å². The molecule has 1 aromatic carbocycles. The first-order valence-corrected chi connectivity index (χ1v) is 5.94. The van der Waals surface area contributed by atoms with Crippen molar-refractivity contribution in [3.8, 4) is 11.6 Å². The second kappa shape index (κ2) is 5.48. The smallest absolute Gasteiger partial charge is 0.287 e. The Labute approximate surface area is 111 Å². The van der Waals surface area contributed by atoms with E-state index in [0.717, 1.165) is 0 Å². The number of hydrogen-bond donors (Lipinski definition) is 0. The zero-order valence-electron chi connectivity index (χ0n) is 10.7. The highest BCUT2D eigenvalue weighted by Gasteiger charge is 2.06. The first-order chi connectivity index (χ1) is 9.06. The van der Waals surface area contributed by atoms with Crippen LogP contribution in [0.4, 0.5) is 5.69 Å². The van der Waals surface area contributed by atoms with E-state index in [9.17, 15) is 10.1 Å². The molecule has 98 valence electrons. The molecule has 0 bridgehead atoms. The third kappa shape index (κ3) is 3.28. The van der Waals surface area contributed by atoms with Gasteiger partial charge in [-0.15, -0.1) is 0 Å². The van der Waals surface area contributed by atoms with Crippen LogP contribution in [0.5, 0.6) is 11.6 Å². The molecule has 5 nitrogen and oxygen atoms in total. The van der Waals surface area contributed by atoms with Crippen LogP contribution in [0.3, 0.4) is 0 Å². The Bertz CT molecular complexity index is 562. The summed E-state index contributed by atoms with van der Waals surface area (Å²) in [5.74, 6) is 1.46. The van der Waals surface area contributed by atoms with Crippen molar-refractivity contribution in [3.63, 3.8) is 0 Å². The van der Waals surface area contributed by atoms with Gasteiger partial charge in [0.1, 0.15) is 11.9 Å². The quantitative estimate of drug-likeness (QED) is 0.616. The number of nitrogens with zero attached hydrogens (tertiary/aromatic N) is 2. The maximum absolute atomic E-state index is 10.5. The van der Waals surface area contributed by atoms with Crippen LogP contribution in [-0.4, -0.2) is 9.91 Å². The highest BCUT2D eigenvalue weighted by molar-refractivity contribution is 5.34. The van der Waals surface area contributed by atoms with Crippen molar-refractivity contribution in [2.75, 3.05) is 0 Å². The van der Waals surface area contributed by atoms with Crippen molar-refractivity contribution in [2.24, 2.45) is 0 Å². The molecular weight excluding hydrogens is 244 g/mol. The van der Waals surface area contributed by atoms with Crippen molar-refractivity contribution >= 4 is 5.69 Å². The van der Waals surface area contributed by atoms with Crippen LogP contribution < -0.4 is 4.74 Å². The molecule has 1 aromatic heterocycles. The Hall–Kier alpha value is -2.43. The molecular formula is C14H14N2O3. The summed E-state index contributed by atoms with van der Waals surface area (Å²) < 4.78 is 5.51. The molecule has 0 aliphatic heterocycles. The van der Waals surface area contributed by atoms with Crippen LogP contribution in [0.25, 0.3) is 0 Å². The van der Waals surface area contributed by atoms with Crippen molar-refractivity contribution in [1.82, 2.24) is 4.98 Å². The van der Waals surface area contributed by atoms with Gasteiger partial charge in [-0.3, -0.25) is 10.1 Å². The molecule has 0 amide bonds. The lowest BCUT2D eigenvalue weighted by molar-refractivity contribution is -0.385. The van der Waals surface area contributed by atoms with Crippen LogP contribution >= 0.6 is 0 Å². The van der Waals surface area contributed by atoms with Gasteiger partial charge in [0.05, 0.1) is 4.92 Å². The van der Waals surface area contributed by atoms with Gasteiger partial charge >= 0.3 is 0 Å². The first-order valence-electron chi connectivity index (χ1n) is 5.94. The molecule has 2 aromatic rings. The predicted molar refractivity (Wildman–Crippen MR) is 71.5 cm³/mol. The van der Waals surface area contributed by atoms with Crippen LogP contribution in [0.2, 0.25) is 0 Å². The van der Waals surface area contributed by atoms with E-state index in [2.05, 4.69) is 18.8 Å². The molecule has 0 unspecified atom stereocenters. The van der Waals surface area contributed by atoms with Gasteiger partial charge in [0.15, 0.2) is 0 Å². The number of rotatable bonds is 4. The molecule has 0 aliphatic rings. The lowest BCUT2D eigenvalue weighted by Gasteiger charge is -2.07. The summed E-state index contributed by atoms with van der Waals surface area (Å²) in [4.78, 5) is 13.9. The largest absolute Gasteiger partial charge is 0.439 e. The number of hydrogen-bond acceptors (Lipinski definition) is 4. The monoisotopic (exact) mass is 258 g/mol. The van der Waals surface area contributed by atoms with Crippen molar-refractivity contribution in [1.29, 1.82) is 0 Å². The fraction of sp³-hybridized carbons (Fsp3) is 0.214. The number of pyridine rings is 1. The average molecular weight is 258 g/mol. The Morgan fingerprint density at radius 3 is 2.32 bits per heavy atom. The van der Waals surface area contributed by atoms with Crippen molar-refractivity contribution < 1.29 is 9.66 Å². The van der Waals surface area contributed by atoms with E-state index in [1.807, 2.05) is 24.3 Å². The summed E-state index contributed by atoms with van der Waals surface area (Å²) in [7, 11) is 0. The molecule has 1 heterocycles. The summed E-state index contributed by atoms with van der Waals surface area (Å²) in [6.07, 6.45) is 1.18. The van der Waals surface area contributed by atoms with Gasteiger partial charge in [-0.1, -0.05) is 26.0 Å². The van der Waals surface area contributed by atoms with Crippen LogP contribution in [0.15, 0.2) is 42.6 Å². The zero-order valence-corrected chi connectivity index (χ0v) is 10.7. The standard InChI is InChI=1S/C14H14N2O3/c1-10(2)11-3-6-13(7-4-11)19-14-8-5-12(9-15-14)16(17)18/h3-10H,1-2H3. The number of aromatic nitrogens is 1. The van der Waals surface area contributed by atoms with E-state index in [1.165, 1.54) is 23.9 Å². The predicted octanol–water partition coefficient (Wildman–Crippen LogP) is 3.91. The lowest BCUT2D eigenvalue weighted by Crippen LogP contribution is -1.92. The van der Waals surface area contributed by atoms with Gasteiger partial charge in [0, 0.05) is 12.1 Å². The molecule has 0 N–H and O–H groups in total. The fourth-order valence-electron chi connectivity index (χ4n) is 1.58. The van der Waals surface area contributed by atoms with E-state index in [1.54, 1.807) is 0 Å². The SMILES string of the molecule is CC(C)c1ccc(Oc2ccc([N+](=O)[O-])cn2)cc1. The van der Waals surface area contributed by atoms with E-state index < -0.39 is 4.92 Å². The summed E-state index contributed by atoms with van der Waals surface area (Å²) in [6.45, 7) is 4.24. The van der Waals surface area contributed by atoms with Gasteiger partial charge < -0.3 is 4.74 Å². The van der Waals surface area contributed by atoms with E-state index in [-0.39, 0.29) is 5.69 Å². The Morgan fingerprint density at radius 1 is 1.16 bits per heavy atom. The fourth-order valence-corrected chi connectivity index (χ4v) is 1.58. The molecule has 0 saturated heterocycles. The highest BCUT2D eigenvalue weighted by atomic mass is 16.6.